The van der Waals surface area contributed by atoms with Crippen LogP contribution in [0.25, 0.3) is 0 Å². The summed E-state index contributed by atoms with van der Waals surface area (Å²) in [5.74, 6) is 2.45. The first-order valence-electron chi connectivity index (χ1n) is 7.19. The van der Waals surface area contributed by atoms with Crippen molar-refractivity contribution in [3.8, 4) is 0 Å². The number of hydrogen-bond acceptors (Lipinski definition) is 3. The molecule has 0 heterocycles. The molecule has 0 fully saturated rings. The van der Waals surface area contributed by atoms with Crippen LogP contribution in [-0.4, -0.2) is 35.5 Å². The Morgan fingerprint density at radius 1 is 1.17 bits per heavy atom. The first kappa shape index (κ1) is 17.8. The van der Waals surface area contributed by atoms with Gasteiger partial charge in [0.05, 0.1) is 6.04 Å². The molecule has 0 rings (SSSR count). The van der Waals surface area contributed by atoms with Gasteiger partial charge < -0.3 is 10.6 Å². The molecule has 1 amide bonds. The van der Waals surface area contributed by atoms with Crippen molar-refractivity contribution >= 4 is 17.7 Å². The fraction of sp³-hybridized carbons (Fsp3) is 0.929. The molecule has 4 heteroatoms. The zero-order chi connectivity index (χ0) is 14.0. The van der Waals surface area contributed by atoms with E-state index in [9.17, 15) is 4.79 Å². The quantitative estimate of drug-likeness (QED) is 0.602. The third-order valence-electron chi connectivity index (χ3n) is 3.16. The topological polar surface area (TPSA) is 41.1 Å². The van der Waals surface area contributed by atoms with Gasteiger partial charge in [0.1, 0.15) is 0 Å². The van der Waals surface area contributed by atoms with Crippen molar-refractivity contribution in [1.82, 2.24) is 10.6 Å². The van der Waals surface area contributed by atoms with E-state index in [1.165, 1.54) is 0 Å². The molecule has 3 nitrogen and oxygen atoms in total. The lowest BCUT2D eigenvalue weighted by Crippen LogP contribution is -2.48. The van der Waals surface area contributed by atoms with Crippen molar-refractivity contribution in [2.75, 3.05) is 11.5 Å². The summed E-state index contributed by atoms with van der Waals surface area (Å²) in [4.78, 5) is 12.0. The number of hydrogen-bond donors (Lipinski definition) is 2. The summed E-state index contributed by atoms with van der Waals surface area (Å²) in [7, 11) is 0. The van der Waals surface area contributed by atoms with Crippen LogP contribution in [0.4, 0.5) is 0 Å². The molecule has 0 radical (unpaired) electrons. The first-order chi connectivity index (χ1) is 8.54. The van der Waals surface area contributed by atoms with E-state index in [0.717, 1.165) is 30.8 Å². The van der Waals surface area contributed by atoms with Gasteiger partial charge in [-0.2, -0.15) is 11.8 Å². The SMILES string of the molecule is CCSCCC(C)NC(C)C(=O)NC(CC)CC. The standard InChI is InChI=1S/C14H30N2OS/c1-6-13(7-2)16-14(17)12(5)15-11(4)9-10-18-8-3/h11-13,15H,6-10H2,1-5H3,(H,16,17). The highest BCUT2D eigenvalue weighted by atomic mass is 32.2. The highest BCUT2D eigenvalue weighted by molar-refractivity contribution is 7.99. The molecule has 2 N–H and O–H groups in total. The van der Waals surface area contributed by atoms with Gasteiger partial charge in [0.25, 0.3) is 0 Å². The Morgan fingerprint density at radius 3 is 2.28 bits per heavy atom. The van der Waals surface area contributed by atoms with E-state index in [-0.39, 0.29) is 11.9 Å². The Hall–Kier alpha value is -0.220. The molecule has 0 aliphatic rings. The molecule has 0 saturated carbocycles. The molecule has 0 aromatic carbocycles. The van der Waals surface area contributed by atoms with E-state index in [1.54, 1.807) is 0 Å². The Labute approximate surface area is 117 Å². The lowest BCUT2D eigenvalue weighted by molar-refractivity contribution is -0.123. The number of thioether (sulfide) groups is 1. The average molecular weight is 274 g/mol. The van der Waals surface area contributed by atoms with Gasteiger partial charge in [-0.05, 0) is 44.6 Å². The van der Waals surface area contributed by atoms with Crippen LogP contribution in [-0.2, 0) is 4.79 Å². The van der Waals surface area contributed by atoms with Crippen LogP contribution in [0.15, 0.2) is 0 Å². The summed E-state index contributed by atoms with van der Waals surface area (Å²) in [5.41, 5.74) is 0. The van der Waals surface area contributed by atoms with Crippen LogP contribution in [0.2, 0.25) is 0 Å². The van der Waals surface area contributed by atoms with Gasteiger partial charge in [0.2, 0.25) is 5.91 Å². The molecule has 2 unspecified atom stereocenters. The zero-order valence-electron chi connectivity index (χ0n) is 12.6. The average Bonchev–Trinajstić information content (AvgIpc) is 2.35. The molecule has 18 heavy (non-hydrogen) atoms. The van der Waals surface area contributed by atoms with Crippen LogP contribution in [0.3, 0.4) is 0 Å². The highest BCUT2D eigenvalue weighted by Gasteiger charge is 2.17. The van der Waals surface area contributed by atoms with Crippen LogP contribution in [0, 0.1) is 0 Å². The van der Waals surface area contributed by atoms with Gasteiger partial charge in [-0.1, -0.05) is 20.8 Å². The summed E-state index contributed by atoms with van der Waals surface area (Å²) >= 11 is 1.95. The van der Waals surface area contributed by atoms with Crippen molar-refractivity contribution in [1.29, 1.82) is 0 Å². The van der Waals surface area contributed by atoms with Crippen molar-refractivity contribution in [2.24, 2.45) is 0 Å². The maximum Gasteiger partial charge on any atom is 0.237 e. The Bertz CT molecular complexity index is 220. The third-order valence-corrected chi connectivity index (χ3v) is 4.09. The maximum atomic E-state index is 12.0. The number of amides is 1. The van der Waals surface area contributed by atoms with Gasteiger partial charge in [-0.3, -0.25) is 4.79 Å². The predicted molar refractivity (Wildman–Crippen MR) is 82.2 cm³/mol. The van der Waals surface area contributed by atoms with Crippen molar-refractivity contribution < 1.29 is 4.79 Å². The summed E-state index contributed by atoms with van der Waals surface area (Å²) in [6.07, 6.45) is 3.11. The number of nitrogens with one attached hydrogen (secondary N) is 2. The van der Waals surface area contributed by atoms with Crippen LogP contribution in [0.5, 0.6) is 0 Å². The molecular weight excluding hydrogens is 244 g/mol. The molecule has 0 aliphatic carbocycles. The minimum atomic E-state index is -0.104. The minimum absolute atomic E-state index is 0.104. The Morgan fingerprint density at radius 2 is 1.78 bits per heavy atom. The molecule has 0 aliphatic heterocycles. The summed E-state index contributed by atoms with van der Waals surface area (Å²) in [6.45, 7) is 10.5. The predicted octanol–water partition coefficient (Wildman–Crippen LogP) is 2.80. The van der Waals surface area contributed by atoms with Crippen molar-refractivity contribution in [3.05, 3.63) is 0 Å². The first-order valence-corrected chi connectivity index (χ1v) is 8.34. The van der Waals surface area contributed by atoms with Gasteiger partial charge in [0, 0.05) is 12.1 Å². The molecule has 0 aromatic heterocycles. The fourth-order valence-corrected chi connectivity index (χ4v) is 2.62. The second-order valence-electron chi connectivity index (χ2n) is 4.80. The van der Waals surface area contributed by atoms with Gasteiger partial charge in [0.15, 0.2) is 0 Å². The van der Waals surface area contributed by atoms with Crippen molar-refractivity contribution in [3.63, 3.8) is 0 Å². The van der Waals surface area contributed by atoms with Crippen molar-refractivity contribution in [2.45, 2.75) is 72.0 Å². The molecule has 0 spiro atoms. The van der Waals surface area contributed by atoms with E-state index in [1.807, 2.05) is 18.7 Å². The van der Waals surface area contributed by atoms with Gasteiger partial charge in [-0.15, -0.1) is 0 Å². The van der Waals surface area contributed by atoms with E-state index < -0.39 is 0 Å². The van der Waals surface area contributed by atoms with Crippen LogP contribution >= 0.6 is 11.8 Å². The van der Waals surface area contributed by atoms with Gasteiger partial charge >= 0.3 is 0 Å². The second kappa shape index (κ2) is 10.7. The fourth-order valence-electron chi connectivity index (χ4n) is 1.81. The van der Waals surface area contributed by atoms with Crippen LogP contribution < -0.4 is 10.6 Å². The molecule has 0 bridgehead atoms. The number of carbonyl (C=O) groups excluding carboxylic acids is 1. The zero-order valence-corrected chi connectivity index (χ0v) is 13.4. The van der Waals surface area contributed by atoms with Crippen LogP contribution in [0.1, 0.15) is 53.9 Å². The Kier molecular flexibility index (Phi) is 10.5. The monoisotopic (exact) mass is 274 g/mol. The summed E-state index contributed by atoms with van der Waals surface area (Å²) in [6, 6.07) is 0.603. The molecule has 0 aromatic rings. The second-order valence-corrected chi connectivity index (χ2v) is 6.19. The smallest absolute Gasteiger partial charge is 0.237 e. The van der Waals surface area contributed by atoms with Gasteiger partial charge in [-0.25, -0.2) is 0 Å². The maximum absolute atomic E-state index is 12.0. The number of carbonyl (C=O) groups is 1. The minimum Gasteiger partial charge on any atom is -0.352 e. The molecular formula is C14H30N2OS. The normalized spacial score (nSPS) is 14.6. The summed E-state index contributed by atoms with van der Waals surface area (Å²) < 4.78 is 0. The lowest BCUT2D eigenvalue weighted by atomic mass is 10.1. The molecule has 2 atom stereocenters. The highest BCUT2D eigenvalue weighted by Crippen LogP contribution is 2.04. The largest absolute Gasteiger partial charge is 0.352 e. The number of rotatable bonds is 10. The summed E-state index contributed by atoms with van der Waals surface area (Å²) in [5, 5.41) is 6.45. The molecule has 0 saturated heterocycles. The van der Waals surface area contributed by atoms with E-state index >= 15 is 0 Å². The van der Waals surface area contributed by atoms with E-state index in [4.69, 9.17) is 0 Å². The molecule has 108 valence electrons. The Balaban J connectivity index is 3.91. The van der Waals surface area contributed by atoms with E-state index in [2.05, 4.69) is 38.3 Å². The third kappa shape index (κ3) is 7.98. The van der Waals surface area contributed by atoms with E-state index in [0.29, 0.717) is 12.1 Å². The lowest BCUT2D eigenvalue weighted by Gasteiger charge is -2.22.